The molecule has 2 aromatic heterocycles. The molecule has 4 aromatic rings. The normalized spacial score (nSPS) is 21.7. The molecule has 8 rings (SSSR count). The minimum absolute atomic E-state index is 0.0395. The molecule has 0 radical (unpaired) electrons. The first-order valence-electron chi connectivity index (χ1n) is 17.8. The summed E-state index contributed by atoms with van der Waals surface area (Å²) in [4.78, 5) is 34.0. The lowest BCUT2D eigenvalue weighted by Crippen LogP contribution is -2.57. The first kappa shape index (κ1) is 33.8. The Balaban J connectivity index is 1.22. The van der Waals surface area contributed by atoms with E-state index in [0.717, 1.165) is 63.3 Å². The molecule has 0 saturated carbocycles. The molecule has 6 heterocycles. The second-order valence-corrected chi connectivity index (χ2v) is 17.3. The molecule has 51 heavy (non-hydrogen) atoms. The Labute approximate surface area is 297 Å². The smallest absolute Gasteiger partial charge is 0.410 e. The average Bonchev–Trinajstić information content (AvgIpc) is 3.72. The van der Waals surface area contributed by atoms with Crippen LogP contribution in [0.2, 0.25) is 0 Å². The van der Waals surface area contributed by atoms with Crippen molar-refractivity contribution < 1.29 is 27.1 Å². The van der Waals surface area contributed by atoms with Gasteiger partial charge in [0.25, 0.3) is 0 Å². The number of hydrogen-bond acceptors (Lipinski definition) is 10. The molecule has 14 heteroatoms. The number of piperazine rings is 1. The van der Waals surface area contributed by atoms with E-state index in [1.165, 1.54) is 0 Å². The summed E-state index contributed by atoms with van der Waals surface area (Å²) in [6.45, 7) is 9.09. The van der Waals surface area contributed by atoms with E-state index < -0.39 is 21.4 Å². The molecule has 0 aliphatic carbocycles. The van der Waals surface area contributed by atoms with Crippen molar-refractivity contribution in [3.63, 3.8) is 0 Å². The summed E-state index contributed by atoms with van der Waals surface area (Å²) in [5, 5.41) is 1.87. The van der Waals surface area contributed by atoms with Gasteiger partial charge in [0.1, 0.15) is 29.2 Å². The number of halogens is 1. The highest BCUT2D eigenvalue weighted by Crippen LogP contribution is 2.41. The predicted octanol–water partition coefficient (Wildman–Crippen LogP) is 5.95. The molecule has 0 spiro atoms. The molecule has 270 valence electrons. The number of carbonyl (C=O) groups is 1. The quantitative estimate of drug-likeness (QED) is 0.245. The van der Waals surface area contributed by atoms with Crippen LogP contribution in [0, 0.1) is 5.82 Å². The predicted molar refractivity (Wildman–Crippen MR) is 194 cm³/mol. The zero-order chi connectivity index (χ0) is 35.7. The Kier molecular flexibility index (Phi) is 8.25. The number of fused-ring (bicyclic) bond motifs is 5. The van der Waals surface area contributed by atoms with E-state index in [0.29, 0.717) is 47.5 Å². The standard InChI is InChI=1S/C37H44FN7O5S/c1-36(2,3)50-35(46)45-25-11-12-26(45)21-43(20-25)33-29-19-39-31(28-18-24(42-51(4,47)48)17-23-9-5-6-10-27(23)28)30(38)32(29)40-34(41-33)49-22-37-13-7-15-44(37)16-8-14-37/h5-6,9-10,17-19,25-26,42H,7-8,11-16,20-22H2,1-4H3. The molecule has 12 nitrogen and oxygen atoms in total. The van der Waals surface area contributed by atoms with E-state index in [-0.39, 0.29) is 40.9 Å². The number of ether oxygens (including phenoxy) is 2. The third kappa shape index (κ3) is 6.41. The Bertz CT molecular complexity index is 2120. The molecule has 2 unspecified atom stereocenters. The van der Waals surface area contributed by atoms with Crippen LogP contribution in [-0.4, -0.2) is 102 Å². The van der Waals surface area contributed by atoms with Gasteiger partial charge in [-0.25, -0.2) is 17.6 Å². The Morgan fingerprint density at radius 2 is 1.75 bits per heavy atom. The number of hydrogen-bond donors (Lipinski definition) is 1. The van der Waals surface area contributed by atoms with Gasteiger partial charge in [-0.1, -0.05) is 24.3 Å². The van der Waals surface area contributed by atoms with Crippen LogP contribution in [-0.2, 0) is 14.8 Å². The summed E-state index contributed by atoms with van der Waals surface area (Å²) in [5.74, 6) is -0.141. The number of sulfonamides is 1. The monoisotopic (exact) mass is 717 g/mol. The van der Waals surface area contributed by atoms with E-state index in [1.807, 2.05) is 49.9 Å². The van der Waals surface area contributed by atoms with Crippen molar-refractivity contribution in [2.75, 3.05) is 48.7 Å². The van der Waals surface area contributed by atoms with Crippen molar-refractivity contribution in [2.24, 2.45) is 0 Å². The molecule has 4 aliphatic heterocycles. The Hall–Kier alpha value is -4.30. The second kappa shape index (κ2) is 12.4. The van der Waals surface area contributed by atoms with Crippen LogP contribution in [0.3, 0.4) is 0 Å². The number of aromatic nitrogens is 3. The van der Waals surface area contributed by atoms with Gasteiger partial charge in [0.05, 0.1) is 29.3 Å². The largest absolute Gasteiger partial charge is 0.461 e. The van der Waals surface area contributed by atoms with Gasteiger partial charge >= 0.3 is 12.1 Å². The molecule has 4 aliphatic rings. The van der Waals surface area contributed by atoms with Crippen molar-refractivity contribution in [3.8, 4) is 17.3 Å². The minimum atomic E-state index is -3.60. The van der Waals surface area contributed by atoms with Crippen LogP contribution in [0.5, 0.6) is 6.01 Å². The van der Waals surface area contributed by atoms with Crippen molar-refractivity contribution >= 4 is 49.3 Å². The van der Waals surface area contributed by atoms with Gasteiger partial charge in [-0.2, -0.15) is 9.97 Å². The molecule has 4 saturated heterocycles. The van der Waals surface area contributed by atoms with Gasteiger partial charge < -0.3 is 14.4 Å². The van der Waals surface area contributed by atoms with Crippen molar-refractivity contribution in [3.05, 3.63) is 48.4 Å². The lowest BCUT2D eigenvalue weighted by Gasteiger charge is -2.42. The van der Waals surface area contributed by atoms with Gasteiger partial charge in [0.15, 0.2) is 5.82 Å². The van der Waals surface area contributed by atoms with Crippen LogP contribution in [0.4, 0.5) is 20.7 Å². The van der Waals surface area contributed by atoms with Gasteiger partial charge in [-0.15, -0.1) is 0 Å². The number of nitrogens with one attached hydrogen (secondary N) is 1. The maximum atomic E-state index is 17.1. The van der Waals surface area contributed by atoms with Crippen LogP contribution >= 0.6 is 0 Å². The summed E-state index contributed by atoms with van der Waals surface area (Å²) in [6, 6.07) is 10.6. The number of nitrogens with zero attached hydrogens (tertiary/aromatic N) is 6. The summed E-state index contributed by atoms with van der Waals surface area (Å²) >= 11 is 0. The highest BCUT2D eigenvalue weighted by molar-refractivity contribution is 7.92. The Morgan fingerprint density at radius 3 is 2.43 bits per heavy atom. The fourth-order valence-electron chi connectivity index (χ4n) is 8.64. The highest BCUT2D eigenvalue weighted by Gasteiger charge is 2.46. The molecular formula is C37H44FN7O5S. The van der Waals surface area contributed by atoms with Gasteiger partial charge in [0, 0.05) is 30.5 Å². The number of carbonyl (C=O) groups excluding carboxylic acids is 1. The molecule has 2 bridgehead atoms. The third-order valence-corrected chi connectivity index (χ3v) is 11.3. The summed E-state index contributed by atoms with van der Waals surface area (Å²) in [5.41, 5.74) is 0.164. The van der Waals surface area contributed by atoms with Crippen LogP contribution in [0.1, 0.15) is 59.3 Å². The van der Waals surface area contributed by atoms with Gasteiger partial charge in [-0.05, 0) is 95.3 Å². The van der Waals surface area contributed by atoms with Crippen LogP contribution < -0.4 is 14.4 Å². The summed E-state index contributed by atoms with van der Waals surface area (Å²) in [7, 11) is -3.60. The van der Waals surface area contributed by atoms with E-state index >= 15 is 4.39 Å². The average molecular weight is 718 g/mol. The van der Waals surface area contributed by atoms with Crippen LogP contribution in [0.15, 0.2) is 42.6 Å². The fourth-order valence-corrected chi connectivity index (χ4v) is 9.19. The lowest BCUT2D eigenvalue weighted by atomic mass is 9.95. The molecular weight excluding hydrogens is 674 g/mol. The first-order valence-corrected chi connectivity index (χ1v) is 19.7. The van der Waals surface area contributed by atoms with Crippen molar-refractivity contribution in [1.82, 2.24) is 24.8 Å². The van der Waals surface area contributed by atoms with Crippen molar-refractivity contribution in [2.45, 2.75) is 82.5 Å². The third-order valence-electron chi connectivity index (χ3n) is 10.7. The molecule has 4 fully saturated rings. The maximum Gasteiger partial charge on any atom is 0.410 e. The number of amides is 1. The highest BCUT2D eigenvalue weighted by atomic mass is 32.2. The minimum Gasteiger partial charge on any atom is -0.461 e. The summed E-state index contributed by atoms with van der Waals surface area (Å²) < 4.78 is 56.2. The Morgan fingerprint density at radius 1 is 1.04 bits per heavy atom. The SMILES string of the molecule is CC(C)(C)OC(=O)N1C2CCC1CN(c1nc(OCC34CCCN3CCC4)nc3c(F)c(-c4cc(NS(C)(=O)=O)cc5ccccc45)ncc13)C2. The number of rotatable bonds is 7. The van der Waals surface area contributed by atoms with E-state index in [1.54, 1.807) is 18.3 Å². The van der Waals surface area contributed by atoms with Crippen LogP contribution in [0.25, 0.3) is 32.9 Å². The molecule has 2 aromatic carbocycles. The second-order valence-electron chi connectivity index (χ2n) is 15.5. The maximum absolute atomic E-state index is 17.1. The lowest BCUT2D eigenvalue weighted by molar-refractivity contribution is 0.0122. The number of pyridine rings is 1. The van der Waals surface area contributed by atoms with E-state index in [2.05, 4.69) is 19.5 Å². The molecule has 1 amide bonds. The zero-order valence-electron chi connectivity index (χ0n) is 29.5. The van der Waals surface area contributed by atoms with Gasteiger partial charge in [-0.3, -0.25) is 19.5 Å². The topological polar surface area (TPSA) is 130 Å². The zero-order valence-corrected chi connectivity index (χ0v) is 30.3. The first-order chi connectivity index (χ1) is 24.3. The number of anilines is 2. The number of benzene rings is 2. The van der Waals surface area contributed by atoms with Gasteiger partial charge in [0.2, 0.25) is 10.0 Å². The molecule has 1 N–H and O–H groups in total. The van der Waals surface area contributed by atoms with E-state index in [4.69, 9.17) is 19.4 Å². The summed E-state index contributed by atoms with van der Waals surface area (Å²) in [6.07, 6.45) is 8.31. The molecule has 2 atom stereocenters. The fraction of sp³-hybridized carbons (Fsp3) is 0.514. The van der Waals surface area contributed by atoms with Crippen molar-refractivity contribution in [1.29, 1.82) is 0 Å². The van der Waals surface area contributed by atoms with E-state index in [9.17, 15) is 13.2 Å².